The van der Waals surface area contributed by atoms with Gasteiger partial charge in [-0.1, -0.05) is 24.3 Å². The highest BCUT2D eigenvalue weighted by Gasteiger charge is 2.26. The number of amides is 1. The molecule has 1 atom stereocenters. The van der Waals surface area contributed by atoms with Gasteiger partial charge in [0.15, 0.2) is 0 Å². The van der Waals surface area contributed by atoms with Crippen LogP contribution in [0, 0.1) is 5.82 Å². The number of benzene rings is 2. The maximum Gasteiger partial charge on any atom is 0.408 e. The molecule has 6 nitrogen and oxygen atoms in total. The van der Waals surface area contributed by atoms with E-state index < -0.39 is 29.5 Å². The van der Waals surface area contributed by atoms with Gasteiger partial charge in [0.05, 0.1) is 0 Å². The number of halogens is 1. The Morgan fingerprint density at radius 1 is 1.11 bits per heavy atom. The third kappa shape index (κ3) is 6.29. The van der Waals surface area contributed by atoms with E-state index in [1.807, 2.05) is 6.07 Å². The zero-order valence-corrected chi connectivity index (χ0v) is 15.4. The summed E-state index contributed by atoms with van der Waals surface area (Å²) in [7, 11) is 0. The van der Waals surface area contributed by atoms with Crippen molar-refractivity contribution in [2.75, 3.05) is 0 Å². The standard InChI is InChI=1S/C20H22FNO5/c1-20(2,3)27-19(25)22-16(18(23)24)12-14-15(21)10-7-11-17(14)26-13-8-5-4-6-9-13/h4-11,16H,12H2,1-3H3,(H,22,25)(H,23,24). The van der Waals surface area contributed by atoms with E-state index >= 15 is 0 Å². The molecule has 0 fully saturated rings. The number of hydrogen-bond donors (Lipinski definition) is 2. The van der Waals surface area contributed by atoms with Gasteiger partial charge in [-0.3, -0.25) is 0 Å². The minimum absolute atomic E-state index is 0.0461. The Bertz CT molecular complexity index is 802. The third-order valence-electron chi connectivity index (χ3n) is 3.44. The van der Waals surface area contributed by atoms with Crippen LogP contribution >= 0.6 is 0 Å². The summed E-state index contributed by atoms with van der Waals surface area (Å²) in [4.78, 5) is 23.5. The molecule has 0 aliphatic rings. The van der Waals surface area contributed by atoms with E-state index in [0.717, 1.165) is 0 Å². The van der Waals surface area contributed by atoms with E-state index in [9.17, 15) is 19.1 Å². The zero-order chi connectivity index (χ0) is 20.0. The van der Waals surface area contributed by atoms with Gasteiger partial charge in [0, 0.05) is 12.0 Å². The maximum absolute atomic E-state index is 14.4. The molecule has 2 aromatic rings. The summed E-state index contributed by atoms with van der Waals surface area (Å²) in [5, 5.41) is 11.7. The van der Waals surface area contributed by atoms with Crippen molar-refractivity contribution in [2.24, 2.45) is 0 Å². The molecule has 0 aromatic heterocycles. The van der Waals surface area contributed by atoms with Gasteiger partial charge in [0.2, 0.25) is 0 Å². The minimum Gasteiger partial charge on any atom is -0.480 e. The molecule has 0 aliphatic carbocycles. The highest BCUT2D eigenvalue weighted by Crippen LogP contribution is 2.28. The molecule has 1 amide bonds. The lowest BCUT2D eigenvalue weighted by Crippen LogP contribution is -2.44. The molecule has 0 radical (unpaired) electrons. The quantitative estimate of drug-likeness (QED) is 0.793. The lowest BCUT2D eigenvalue weighted by atomic mass is 10.0. The number of carboxylic acid groups (broad SMARTS) is 1. The van der Waals surface area contributed by atoms with Gasteiger partial charge >= 0.3 is 12.1 Å². The van der Waals surface area contributed by atoms with Crippen molar-refractivity contribution in [3.63, 3.8) is 0 Å². The first-order valence-electron chi connectivity index (χ1n) is 8.38. The number of rotatable bonds is 6. The monoisotopic (exact) mass is 375 g/mol. The molecule has 2 N–H and O–H groups in total. The number of carbonyl (C=O) groups excluding carboxylic acids is 1. The first-order chi connectivity index (χ1) is 12.7. The van der Waals surface area contributed by atoms with Crippen LogP contribution in [-0.4, -0.2) is 28.8 Å². The largest absolute Gasteiger partial charge is 0.480 e. The van der Waals surface area contributed by atoms with E-state index in [1.165, 1.54) is 18.2 Å². The number of hydrogen-bond acceptors (Lipinski definition) is 4. The number of para-hydroxylation sites is 1. The molecule has 7 heteroatoms. The van der Waals surface area contributed by atoms with Crippen molar-refractivity contribution < 1.29 is 28.6 Å². The smallest absolute Gasteiger partial charge is 0.408 e. The molecule has 1 unspecified atom stereocenters. The fraction of sp³-hybridized carbons (Fsp3) is 0.300. The van der Waals surface area contributed by atoms with Crippen LogP contribution in [0.3, 0.4) is 0 Å². The number of carbonyl (C=O) groups is 2. The summed E-state index contributed by atoms with van der Waals surface area (Å²) >= 11 is 0. The molecule has 0 bridgehead atoms. The Hall–Kier alpha value is -3.09. The number of ether oxygens (including phenoxy) is 2. The third-order valence-corrected chi connectivity index (χ3v) is 3.44. The zero-order valence-electron chi connectivity index (χ0n) is 15.4. The molecule has 0 saturated carbocycles. The number of aliphatic carboxylic acids is 1. The fourth-order valence-electron chi connectivity index (χ4n) is 2.30. The fourth-order valence-corrected chi connectivity index (χ4v) is 2.30. The maximum atomic E-state index is 14.4. The lowest BCUT2D eigenvalue weighted by Gasteiger charge is -2.22. The van der Waals surface area contributed by atoms with Crippen LogP contribution < -0.4 is 10.1 Å². The van der Waals surface area contributed by atoms with Crippen molar-refractivity contribution >= 4 is 12.1 Å². The topological polar surface area (TPSA) is 84.9 Å². The number of alkyl carbamates (subject to hydrolysis) is 1. The van der Waals surface area contributed by atoms with Crippen LogP contribution in [-0.2, 0) is 16.0 Å². The Balaban J connectivity index is 2.22. The van der Waals surface area contributed by atoms with Crippen LogP contribution in [0.1, 0.15) is 26.3 Å². The van der Waals surface area contributed by atoms with E-state index in [2.05, 4.69) is 5.32 Å². The van der Waals surface area contributed by atoms with E-state index in [0.29, 0.717) is 5.75 Å². The van der Waals surface area contributed by atoms with E-state index in [1.54, 1.807) is 45.0 Å². The van der Waals surface area contributed by atoms with Crippen LogP contribution in [0.4, 0.5) is 9.18 Å². The van der Waals surface area contributed by atoms with Gasteiger partial charge in [-0.15, -0.1) is 0 Å². The predicted octanol–water partition coefficient (Wildman–Crippen LogP) is 4.14. The normalized spacial score (nSPS) is 12.1. The summed E-state index contributed by atoms with van der Waals surface area (Å²) in [5.41, 5.74) is -0.739. The molecule has 2 aromatic carbocycles. The second-order valence-electron chi connectivity index (χ2n) is 6.87. The Morgan fingerprint density at radius 2 is 1.78 bits per heavy atom. The Kier molecular flexibility index (Phi) is 6.39. The number of nitrogens with one attached hydrogen (secondary N) is 1. The molecule has 0 spiro atoms. The molecule has 144 valence electrons. The van der Waals surface area contributed by atoms with Gasteiger partial charge in [0.25, 0.3) is 0 Å². The van der Waals surface area contributed by atoms with Crippen molar-refractivity contribution in [1.29, 1.82) is 0 Å². The van der Waals surface area contributed by atoms with Crippen molar-refractivity contribution in [1.82, 2.24) is 5.32 Å². The van der Waals surface area contributed by atoms with Gasteiger partial charge in [-0.25, -0.2) is 14.0 Å². The van der Waals surface area contributed by atoms with Crippen LogP contribution in [0.2, 0.25) is 0 Å². The molecular weight excluding hydrogens is 353 g/mol. The summed E-state index contributed by atoms with van der Waals surface area (Å²) in [6, 6.07) is 11.6. The average molecular weight is 375 g/mol. The summed E-state index contributed by atoms with van der Waals surface area (Å²) in [6.07, 6.45) is -1.19. The van der Waals surface area contributed by atoms with Crippen molar-refractivity contribution in [3.05, 3.63) is 59.9 Å². The highest BCUT2D eigenvalue weighted by molar-refractivity contribution is 5.80. The van der Waals surface area contributed by atoms with Crippen molar-refractivity contribution in [2.45, 2.75) is 38.8 Å². The average Bonchev–Trinajstić information content (AvgIpc) is 2.56. The van der Waals surface area contributed by atoms with Crippen LogP contribution in [0.25, 0.3) is 0 Å². The first-order valence-corrected chi connectivity index (χ1v) is 8.38. The van der Waals surface area contributed by atoms with Gasteiger partial charge in [-0.2, -0.15) is 0 Å². The van der Waals surface area contributed by atoms with Gasteiger partial charge in [-0.05, 0) is 45.0 Å². The molecule has 0 heterocycles. The lowest BCUT2D eigenvalue weighted by molar-refractivity contribution is -0.139. The molecular formula is C20H22FNO5. The van der Waals surface area contributed by atoms with Gasteiger partial charge < -0.3 is 19.9 Å². The van der Waals surface area contributed by atoms with E-state index in [4.69, 9.17) is 9.47 Å². The van der Waals surface area contributed by atoms with Crippen molar-refractivity contribution in [3.8, 4) is 11.5 Å². The first kappa shape index (κ1) is 20.2. The highest BCUT2D eigenvalue weighted by atomic mass is 19.1. The van der Waals surface area contributed by atoms with E-state index in [-0.39, 0.29) is 17.7 Å². The second kappa shape index (κ2) is 8.53. The molecule has 0 saturated heterocycles. The van der Waals surface area contributed by atoms with Crippen LogP contribution in [0.15, 0.2) is 48.5 Å². The van der Waals surface area contributed by atoms with Gasteiger partial charge in [0.1, 0.15) is 29.0 Å². The minimum atomic E-state index is -1.38. The van der Waals surface area contributed by atoms with Crippen LogP contribution in [0.5, 0.6) is 11.5 Å². The Labute approximate surface area is 156 Å². The number of carboxylic acids is 1. The molecule has 2 rings (SSSR count). The summed E-state index contributed by atoms with van der Waals surface area (Å²) in [5.74, 6) is -1.27. The summed E-state index contributed by atoms with van der Waals surface area (Å²) in [6.45, 7) is 4.97. The molecule has 0 aliphatic heterocycles. The second-order valence-corrected chi connectivity index (χ2v) is 6.87. The molecule has 27 heavy (non-hydrogen) atoms. The summed E-state index contributed by atoms with van der Waals surface area (Å²) < 4.78 is 25.1. The Morgan fingerprint density at radius 3 is 2.37 bits per heavy atom. The SMILES string of the molecule is CC(C)(C)OC(=O)NC(Cc1c(F)cccc1Oc1ccccc1)C(=O)O. The predicted molar refractivity (Wildman–Crippen MR) is 97.4 cm³/mol.